The highest BCUT2D eigenvalue weighted by Crippen LogP contribution is 2.26. The molecule has 0 atom stereocenters. The molecule has 0 aliphatic heterocycles. The van der Waals surface area contributed by atoms with E-state index >= 15 is 0 Å². The Morgan fingerprint density at radius 1 is 1.31 bits per heavy atom. The molecule has 0 aromatic heterocycles. The summed E-state index contributed by atoms with van der Waals surface area (Å²) < 4.78 is 11.3. The third kappa shape index (κ3) is 2.89. The van der Waals surface area contributed by atoms with Gasteiger partial charge in [0, 0.05) is 12.1 Å². The van der Waals surface area contributed by atoms with Crippen molar-refractivity contribution >= 4 is 0 Å². The molecule has 1 saturated carbocycles. The van der Waals surface area contributed by atoms with Crippen molar-refractivity contribution in [3.8, 4) is 11.5 Å². The molecule has 0 unspecified atom stereocenters. The van der Waals surface area contributed by atoms with Crippen molar-refractivity contribution in [1.29, 1.82) is 0 Å². The summed E-state index contributed by atoms with van der Waals surface area (Å²) in [6.07, 6.45) is 3.22. The van der Waals surface area contributed by atoms with Gasteiger partial charge in [0.1, 0.15) is 17.6 Å². The first kappa shape index (κ1) is 11.3. The summed E-state index contributed by atoms with van der Waals surface area (Å²) in [7, 11) is 0. The summed E-state index contributed by atoms with van der Waals surface area (Å²) in [5.41, 5.74) is 5.71. The summed E-state index contributed by atoms with van der Waals surface area (Å²) in [6, 6.07) is 8.14. The Hall–Kier alpha value is -1.22. The zero-order valence-corrected chi connectivity index (χ0v) is 9.69. The largest absolute Gasteiger partial charge is 0.493 e. The van der Waals surface area contributed by atoms with Crippen LogP contribution in [0.1, 0.15) is 26.2 Å². The van der Waals surface area contributed by atoms with E-state index in [1.54, 1.807) is 0 Å². The minimum absolute atomic E-state index is 0.288. The molecule has 0 amide bonds. The molecule has 2 N–H and O–H groups in total. The SMILES string of the molecule is CCCOc1cccc(O[C@H]2C[C@@H](N)C2)c1. The Bertz CT molecular complexity index is 334. The van der Waals surface area contributed by atoms with Gasteiger partial charge in [0.2, 0.25) is 0 Å². The fraction of sp³-hybridized carbons (Fsp3) is 0.538. The third-order valence-electron chi connectivity index (χ3n) is 2.71. The molecule has 0 saturated heterocycles. The number of benzene rings is 1. The molecule has 16 heavy (non-hydrogen) atoms. The van der Waals surface area contributed by atoms with Crippen LogP contribution in [0.3, 0.4) is 0 Å². The Kier molecular flexibility index (Phi) is 3.67. The van der Waals surface area contributed by atoms with Crippen LogP contribution >= 0.6 is 0 Å². The van der Waals surface area contributed by atoms with E-state index in [1.807, 2.05) is 24.3 Å². The van der Waals surface area contributed by atoms with Gasteiger partial charge in [-0.05, 0) is 31.4 Å². The number of nitrogens with two attached hydrogens (primary N) is 1. The Morgan fingerprint density at radius 3 is 2.75 bits per heavy atom. The summed E-state index contributed by atoms with van der Waals surface area (Å²) in [5, 5.41) is 0. The maximum Gasteiger partial charge on any atom is 0.123 e. The second-order valence-electron chi connectivity index (χ2n) is 4.29. The van der Waals surface area contributed by atoms with Gasteiger partial charge >= 0.3 is 0 Å². The van der Waals surface area contributed by atoms with Gasteiger partial charge in [-0.15, -0.1) is 0 Å². The van der Waals surface area contributed by atoms with Crippen molar-refractivity contribution in [3.05, 3.63) is 24.3 Å². The van der Waals surface area contributed by atoms with E-state index in [0.717, 1.165) is 37.4 Å². The monoisotopic (exact) mass is 221 g/mol. The molecule has 88 valence electrons. The van der Waals surface area contributed by atoms with Crippen LogP contribution in [0.15, 0.2) is 24.3 Å². The van der Waals surface area contributed by atoms with Gasteiger partial charge in [0.05, 0.1) is 6.61 Å². The average molecular weight is 221 g/mol. The van der Waals surface area contributed by atoms with Crippen LogP contribution in [-0.4, -0.2) is 18.8 Å². The lowest BCUT2D eigenvalue weighted by Gasteiger charge is -2.32. The van der Waals surface area contributed by atoms with Crippen LogP contribution in [0.2, 0.25) is 0 Å². The van der Waals surface area contributed by atoms with Crippen molar-refractivity contribution in [3.63, 3.8) is 0 Å². The lowest BCUT2D eigenvalue weighted by molar-refractivity contribution is 0.100. The Labute approximate surface area is 96.5 Å². The second-order valence-corrected chi connectivity index (χ2v) is 4.29. The van der Waals surface area contributed by atoms with E-state index in [-0.39, 0.29) is 6.10 Å². The lowest BCUT2D eigenvalue weighted by atomic mass is 9.90. The summed E-state index contributed by atoms with van der Waals surface area (Å²) in [4.78, 5) is 0. The summed E-state index contributed by atoms with van der Waals surface area (Å²) >= 11 is 0. The molecular weight excluding hydrogens is 202 g/mol. The van der Waals surface area contributed by atoms with Gasteiger partial charge in [0.25, 0.3) is 0 Å². The van der Waals surface area contributed by atoms with Crippen LogP contribution in [-0.2, 0) is 0 Å². The molecule has 2 rings (SSSR count). The van der Waals surface area contributed by atoms with Crippen molar-refractivity contribution in [2.75, 3.05) is 6.61 Å². The summed E-state index contributed by atoms with van der Waals surface area (Å²) in [5.74, 6) is 1.76. The van der Waals surface area contributed by atoms with Crippen LogP contribution in [0.25, 0.3) is 0 Å². The van der Waals surface area contributed by atoms with Gasteiger partial charge < -0.3 is 15.2 Å². The minimum atomic E-state index is 0.288. The molecule has 0 bridgehead atoms. The fourth-order valence-electron chi connectivity index (χ4n) is 1.75. The van der Waals surface area contributed by atoms with Gasteiger partial charge in [-0.2, -0.15) is 0 Å². The second kappa shape index (κ2) is 5.21. The standard InChI is InChI=1S/C13H19NO2/c1-2-6-15-11-4-3-5-12(9-11)16-13-7-10(14)8-13/h3-5,9-10,13H,2,6-8,14H2,1H3/t10-,13+. The van der Waals surface area contributed by atoms with E-state index in [4.69, 9.17) is 15.2 Å². The Balaban J connectivity index is 1.88. The van der Waals surface area contributed by atoms with Crippen LogP contribution in [0.5, 0.6) is 11.5 Å². The molecule has 3 heteroatoms. The number of hydrogen-bond donors (Lipinski definition) is 1. The number of hydrogen-bond acceptors (Lipinski definition) is 3. The Morgan fingerprint density at radius 2 is 2.06 bits per heavy atom. The first-order chi connectivity index (χ1) is 7.78. The molecule has 0 spiro atoms. The molecular formula is C13H19NO2. The first-order valence-corrected chi connectivity index (χ1v) is 5.93. The fourth-order valence-corrected chi connectivity index (χ4v) is 1.75. The molecule has 0 radical (unpaired) electrons. The number of rotatable bonds is 5. The van der Waals surface area contributed by atoms with Crippen molar-refractivity contribution in [2.45, 2.75) is 38.3 Å². The lowest BCUT2D eigenvalue weighted by Crippen LogP contribution is -2.43. The molecule has 1 aliphatic rings. The topological polar surface area (TPSA) is 44.5 Å². The normalized spacial score (nSPS) is 23.6. The van der Waals surface area contributed by atoms with Crippen molar-refractivity contribution < 1.29 is 9.47 Å². The zero-order chi connectivity index (χ0) is 11.4. The van der Waals surface area contributed by atoms with E-state index in [1.165, 1.54) is 0 Å². The molecule has 1 fully saturated rings. The van der Waals surface area contributed by atoms with E-state index in [2.05, 4.69) is 6.92 Å². The molecule has 0 heterocycles. The molecule has 1 aliphatic carbocycles. The van der Waals surface area contributed by atoms with Gasteiger partial charge in [-0.3, -0.25) is 0 Å². The van der Waals surface area contributed by atoms with Crippen LogP contribution in [0.4, 0.5) is 0 Å². The maximum atomic E-state index is 5.78. The predicted octanol–water partition coefficient (Wildman–Crippen LogP) is 2.34. The summed E-state index contributed by atoms with van der Waals surface area (Å²) in [6.45, 7) is 2.84. The van der Waals surface area contributed by atoms with Gasteiger partial charge in [-0.25, -0.2) is 0 Å². The first-order valence-electron chi connectivity index (χ1n) is 5.93. The van der Waals surface area contributed by atoms with E-state index in [9.17, 15) is 0 Å². The van der Waals surface area contributed by atoms with E-state index < -0.39 is 0 Å². The highest BCUT2D eigenvalue weighted by atomic mass is 16.5. The zero-order valence-electron chi connectivity index (χ0n) is 9.69. The van der Waals surface area contributed by atoms with Gasteiger partial charge in [-0.1, -0.05) is 13.0 Å². The average Bonchev–Trinajstić information content (AvgIpc) is 2.25. The molecule has 3 nitrogen and oxygen atoms in total. The highest BCUT2D eigenvalue weighted by Gasteiger charge is 2.27. The maximum absolute atomic E-state index is 5.78. The third-order valence-corrected chi connectivity index (χ3v) is 2.71. The van der Waals surface area contributed by atoms with Crippen LogP contribution < -0.4 is 15.2 Å². The van der Waals surface area contributed by atoms with E-state index in [0.29, 0.717) is 6.04 Å². The van der Waals surface area contributed by atoms with Crippen molar-refractivity contribution in [2.24, 2.45) is 5.73 Å². The quantitative estimate of drug-likeness (QED) is 0.830. The minimum Gasteiger partial charge on any atom is -0.493 e. The van der Waals surface area contributed by atoms with Crippen molar-refractivity contribution in [1.82, 2.24) is 0 Å². The smallest absolute Gasteiger partial charge is 0.123 e. The number of ether oxygens (including phenoxy) is 2. The van der Waals surface area contributed by atoms with Crippen LogP contribution in [0, 0.1) is 0 Å². The molecule has 1 aromatic carbocycles. The van der Waals surface area contributed by atoms with Gasteiger partial charge in [0.15, 0.2) is 0 Å². The molecule has 1 aromatic rings. The predicted molar refractivity (Wildman–Crippen MR) is 63.9 cm³/mol. The highest BCUT2D eigenvalue weighted by molar-refractivity contribution is 5.33.